The summed E-state index contributed by atoms with van der Waals surface area (Å²) in [6.45, 7) is 1.20. The summed E-state index contributed by atoms with van der Waals surface area (Å²) in [6, 6.07) is 6.52. The minimum Gasteiger partial charge on any atom is -0.482 e. The van der Waals surface area contributed by atoms with E-state index in [4.69, 9.17) is 21.1 Å². The number of carbonyl (C=O) groups excluding carboxylic acids is 4. The van der Waals surface area contributed by atoms with E-state index in [1.165, 1.54) is 6.92 Å². The molecule has 1 fully saturated rings. The molecule has 0 bridgehead atoms. The molecular weight excluding hydrogens is 384 g/mol. The normalized spacial score (nSPS) is 14.9. The molecule has 1 aromatic carbocycles. The largest absolute Gasteiger partial charge is 0.482 e. The average Bonchev–Trinajstić information content (AvgIpc) is 2.91. The molecule has 3 amide bonds. The summed E-state index contributed by atoms with van der Waals surface area (Å²) in [5, 5.41) is 2.65. The molecule has 1 N–H and O–H groups in total. The number of amides is 3. The molecule has 1 heterocycles. The lowest BCUT2D eigenvalue weighted by Crippen LogP contribution is -2.42. The maximum atomic E-state index is 11.9. The van der Waals surface area contributed by atoms with Gasteiger partial charge in [0.2, 0.25) is 5.91 Å². The Morgan fingerprint density at radius 1 is 1.38 bits per heavy atom. The third-order valence-corrected chi connectivity index (χ3v) is 4.40. The summed E-state index contributed by atoms with van der Waals surface area (Å²) < 4.78 is 10.2. The van der Waals surface area contributed by atoms with Crippen LogP contribution in [0.5, 0.6) is 5.75 Å². The van der Waals surface area contributed by atoms with Gasteiger partial charge in [-0.15, -0.1) is 0 Å². The number of benzene rings is 1. The quantitative estimate of drug-likeness (QED) is 0.659. The zero-order chi connectivity index (χ0) is 19.1. The number of imide groups is 1. The molecule has 1 saturated heterocycles. The van der Waals surface area contributed by atoms with E-state index in [9.17, 15) is 19.2 Å². The lowest BCUT2D eigenvalue weighted by Gasteiger charge is -2.16. The first kappa shape index (κ1) is 20.1. The highest BCUT2D eigenvalue weighted by atomic mass is 35.5. The molecule has 1 aliphatic rings. The minimum atomic E-state index is -1.04. The number of hydrogen-bond donors (Lipinski definition) is 1. The topological polar surface area (TPSA) is 102 Å². The standard InChI is InChI=1S/C16H17ClN2O6S/c1-10(15(22)18-5-6-19-13(20)9-26-16(19)23)25-14(21)8-24-12-4-2-3-11(17)7-12/h2-4,7,10H,5-6,8-9H2,1H3,(H,18,22)/t10-/m1/s1. The van der Waals surface area contributed by atoms with Crippen LogP contribution in [0.2, 0.25) is 5.02 Å². The lowest BCUT2D eigenvalue weighted by atomic mass is 10.3. The van der Waals surface area contributed by atoms with Crippen molar-refractivity contribution in [2.24, 2.45) is 0 Å². The molecule has 0 spiro atoms. The van der Waals surface area contributed by atoms with Gasteiger partial charge in [-0.25, -0.2) is 4.79 Å². The molecule has 0 aromatic heterocycles. The van der Waals surface area contributed by atoms with E-state index in [2.05, 4.69) is 5.32 Å². The van der Waals surface area contributed by atoms with Gasteiger partial charge in [0.15, 0.2) is 12.7 Å². The lowest BCUT2D eigenvalue weighted by molar-refractivity contribution is -0.156. The van der Waals surface area contributed by atoms with Crippen molar-refractivity contribution >= 4 is 46.4 Å². The Bertz CT molecular complexity index is 698. The molecule has 0 saturated carbocycles. The van der Waals surface area contributed by atoms with Crippen molar-refractivity contribution in [3.63, 3.8) is 0 Å². The van der Waals surface area contributed by atoms with Crippen LogP contribution in [-0.2, 0) is 19.1 Å². The van der Waals surface area contributed by atoms with Crippen molar-refractivity contribution in [3.05, 3.63) is 29.3 Å². The van der Waals surface area contributed by atoms with Crippen LogP contribution < -0.4 is 10.1 Å². The molecule has 8 nitrogen and oxygen atoms in total. The molecule has 1 aliphatic heterocycles. The van der Waals surface area contributed by atoms with E-state index < -0.39 is 18.0 Å². The van der Waals surface area contributed by atoms with Crippen molar-refractivity contribution in [1.82, 2.24) is 10.2 Å². The fourth-order valence-corrected chi connectivity index (χ4v) is 2.95. The van der Waals surface area contributed by atoms with Crippen LogP contribution in [0.3, 0.4) is 0 Å². The van der Waals surface area contributed by atoms with Crippen LogP contribution >= 0.6 is 23.4 Å². The molecule has 1 atom stereocenters. The molecule has 0 aliphatic carbocycles. The molecule has 0 unspecified atom stereocenters. The number of ether oxygens (including phenoxy) is 2. The number of carbonyl (C=O) groups is 4. The molecule has 10 heteroatoms. The van der Waals surface area contributed by atoms with Crippen LogP contribution in [0.4, 0.5) is 4.79 Å². The van der Waals surface area contributed by atoms with Gasteiger partial charge in [0.1, 0.15) is 5.75 Å². The van der Waals surface area contributed by atoms with E-state index in [-0.39, 0.29) is 36.6 Å². The Hall–Kier alpha value is -2.26. The van der Waals surface area contributed by atoms with Crippen molar-refractivity contribution in [3.8, 4) is 5.75 Å². The van der Waals surface area contributed by atoms with Gasteiger partial charge >= 0.3 is 5.97 Å². The number of halogens is 1. The Morgan fingerprint density at radius 2 is 2.15 bits per heavy atom. The van der Waals surface area contributed by atoms with Gasteiger partial charge in [-0.2, -0.15) is 0 Å². The van der Waals surface area contributed by atoms with Gasteiger partial charge in [0.25, 0.3) is 11.1 Å². The number of hydrogen-bond acceptors (Lipinski definition) is 7. The predicted molar refractivity (Wildman–Crippen MR) is 95.1 cm³/mol. The van der Waals surface area contributed by atoms with Crippen molar-refractivity contribution in [2.45, 2.75) is 13.0 Å². The first-order valence-corrected chi connectivity index (χ1v) is 9.06. The first-order chi connectivity index (χ1) is 12.4. The van der Waals surface area contributed by atoms with E-state index in [1.807, 2.05) is 0 Å². The Labute approximate surface area is 159 Å². The molecule has 2 rings (SSSR count). The number of esters is 1. The molecular formula is C16H17ClN2O6S. The maximum absolute atomic E-state index is 11.9. The van der Waals surface area contributed by atoms with Gasteiger partial charge in [0.05, 0.1) is 5.75 Å². The molecule has 0 radical (unpaired) electrons. The molecule has 1 aromatic rings. The SMILES string of the molecule is C[C@@H](OC(=O)COc1cccc(Cl)c1)C(=O)NCCN1C(=O)CSC1=O. The number of nitrogens with one attached hydrogen (secondary N) is 1. The van der Waals surface area contributed by atoms with Crippen molar-refractivity contribution in [1.29, 1.82) is 0 Å². The van der Waals surface area contributed by atoms with E-state index in [1.54, 1.807) is 24.3 Å². The zero-order valence-corrected chi connectivity index (χ0v) is 15.5. The van der Waals surface area contributed by atoms with Gasteiger partial charge in [0, 0.05) is 18.1 Å². The highest BCUT2D eigenvalue weighted by Gasteiger charge is 2.29. The Balaban J connectivity index is 1.68. The van der Waals surface area contributed by atoms with Crippen LogP contribution in [0, 0.1) is 0 Å². The highest BCUT2D eigenvalue weighted by molar-refractivity contribution is 8.14. The third-order valence-electron chi connectivity index (χ3n) is 3.31. The van der Waals surface area contributed by atoms with Gasteiger partial charge in [-0.05, 0) is 25.1 Å². The summed E-state index contributed by atoms with van der Waals surface area (Å²) in [5.74, 6) is -1.01. The summed E-state index contributed by atoms with van der Waals surface area (Å²) in [7, 11) is 0. The monoisotopic (exact) mass is 400 g/mol. The fourth-order valence-electron chi connectivity index (χ4n) is 2.02. The van der Waals surface area contributed by atoms with Crippen molar-refractivity contribution in [2.75, 3.05) is 25.4 Å². The summed E-state index contributed by atoms with van der Waals surface area (Å²) in [4.78, 5) is 47.5. The predicted octanol–water partition coefficient (Wildman–Crippen LogP) is 1.46. The fraction of sp³-hybridized carbons (Fsp3) is 0.375. The van der Waals surface area contributed by atoms with E-state index in [0.717, 1.165) is 16.7 Å². The van der Waals surface area contributed by atoms with Gasteiger partial charge in [-0.3, -0.25) is 19.3 Å². The van der Waals surface area contributed by atoms with Crippen molar-refractivity contribution < 1.29 is 28.7 Å². The van der Waals surface area contributed by atoms with E-state index in [0.29, 0.717) is 10.8 Å². The van der Waals surface area contributed by atoms with Gasteiger partial charge < -0.3 is 14.8 Å². The van der Waals surface area contributed by atoms with Crippen LogP contribution in [-0.4, -0.2) is 59.5 Å². The number of rotatable bonds is 8. The summed E-state index contributed by atoms with van der Waals surface area (Å²) >= 11 is 6.73. The minimum absolute atomic E-state index is 0.0783. The highest BCUT2D eigenvalue weighted by Crippen LogP contribution is 2.18. The average molecular weight is 401 g/mol. The summed E-state index contributed by atoms with van der Waals surface area (Å²) in [6.07, 6.45) is -1.04. The number of thioether (sulfide) groups is 1. The van der Waals surface area contributed by atoms with E-state index >= 15 is 0 Å². The smallest absolute Gasteiger partial charge is 0.344 e. The Kier molecular flexibility index (Phi) is 7.28. The Morgan fingerprint density at radius 3 is 2.81 bits per heavy atom. The van der Waals surface area contributed by atoms with Crippen LogP contribution in [0.1, 0.15) is 6.92 Å². The molecule has 140 valence electrons. The first-order valence-electron chi connectivity index (χ1n) is 7.69. The summed E-state index contributed by atoms with van der Waals surface area (Å²) in [5.41, 5.74) is 0. The maximum Gasteiger partial charge on any atom is 0.344 e. The third kappa shape index (κ3) is 5.92. The zero-order valence-electron chi connectivity index (χ0n) is 13.9. The molecule has 26 heavy (non-hydrogen) atoms. The second-order valence-corrected chi connectivity index (χ2v) is 6.63. The number of nitrogens with zero attached hydrogens (tertiary/aromatic N) is 1. The van der Waals surface area contributed by atoms with Gasteiger partial charge in [-0.1, -0.05) is 29.4 Å². The van der Waals surface area contributed by atoms with Crippen LogP contribution in [0.25, 0.3) is 0 Å². The van der Waals surface area contributed by atoms with Crippen LogP contribution in [0.15, 0.2) is 24.3 Å². The second kappa shape index (κ2) is 9.44. The second-order valence-electron chi connectivity index (χ2n) is 5.27.